The molecule has 2 aromatic rings. The van der Waals surface area contributed by atoms with Crippen LogP contribution in [0.4, 0.5) is 0 Å². The highest BCUT2D eigenvalue weighted by molar-refractivity contribution is 6.01. The molecule has 0 spiro atoms. The molecule has 1 aliphatic heterocycles. The summed E-state index contributed by atoms with van der Waals surface area (Å²) in [4.78, 5) is 38.1. The number of nitrogens with zero attached hydrogens (tertiary/aromatic N) is 1. The van der Waals surface area contributed by atoms with Gasteiger partial charge in [-0.15, -0.1) is 0 Å². The van der Waals surface area contributed by atoms with Crippen molar-refractivity contribution >= 4 is 17.6 Å². The highest BCUT2D eigenvalue weighted by atomic mass is 16.2. The lowest BCUT2D eigenvalue weighted by Gasteiger charge is -2.32. The Hall–Kier alpha value is -2.95. The van der Waals surface area contributed by atoms with Gasteiger partial charge in [0.15, 0.2) is 5.78 Å². The Bertz CT molecular complexity index is 919. The van der Waals surface area contributed by atoms with E-state index in [9.17, 15) is 14.4 Å². The van der Waals surface area contributed by atoms with Crippen molar-refractivity contribution in [3.05, 3.63) is 59.2 Å². The second-order valence-corrected chi connectivity index (χ2v) is 6.84. The van der Waals surface area contributed by atoms with Gasteiger partial charge in [0.1, 0.15) is 6.04 Å². The van der Waals surface area contributed by atoms with Crippen molar-refractivity contribution in [2.24, 2.45) is 0 Å². The van der Waals surface area contributed by atoms with Gasteiger partial charge in [0.25, 0.3) is 5.91 Å². The van der Waals surface area contributed by atoms with Crippen molar-refractivity contribution < 1.29 is 14.4 Å². The SMILES string of the molecule is C[C@@H]1C(=O)NCCN1C(=O)c1cccc(-c2ccc3c(c2)CCC3=O)c1. The number of piperazine rings is 1. The zero-order chi connectivity index (χ0) is 18.3. The molecule has 1 fully saturated rings. The van der Waals surface area contributed by atoms with Gasteiger partial charge in [0, 0.05) is 30.6 Å². The minimum Gasteiger partial charge on any atom is -0.353 e. The number of benzene rings is 2. The van der Waals surface area contributed by atoms with Crippen molar-refractivity contribution in [3.8, 4) is 11.1 Å². The molecule has 0 unspecified atom stereocenters. The molecule has 1 atom stereocenters. The second kappa shape index (κ2) is 6.41. The molecule has 2 aromatic carbocycles. The van der Waals surface area contributed by atoms with E-state index in [2.05, 4.69) is 5.32 Å². The minimum absolute atomic E-state index is 0.121. The van der Waals surface area contributed by atoms with Gasteiger partial charge in [-0.3, -0.25) is 14.4 Å². The lowest BCUT2D eigenvalue weighted by atomic mass is 9.98. The summed E-state index contributed by atoms with van der Waals surface area (Å²) in [5.41, 5.74) is 4.39. The van der Waals surface area contributed by atoms with Crippen LogP contribution in [0.15, 0.2) is 42.5 Å². The van der Waals surface area contributed by atoms with Crippen LogP contribution >= 0.6 is 0 Å². The van der Waals surface area contributed by atoms with E-state index in [1.807, 2.05) is 36.4 Å². The average Bonchev–Trinajstić information content (AvgIpc) is 3.04. The van der Waals surface area contributed by atoms with Crippen molar-refractivity contribution in [2.75, 3.05) is 13.1 Å². The van der Waals surface area contributed by atoms with Gasteiger partial charge in [-0.2, -0.15) is 0 Å². The molecular formula is C21H20N2O3. The normalized spacial score (nSPS) is 19.3. The molecular weight excluding hydrogens is 328 g/mol. The van der Waals surface area contributed by atoms with E-state index in [1.54, 1.807) is 17.9 Å². The molecule has 5 nitrogen and oxygen atoms in total. The van der Waals surface area contributed by atoms with Crippen molar-refractivity contribution in [2.45, 2.75) is 25.8 Å². The highest BCUT2D eigenvalue weighted by Crippen LogP contribution is 2.29. The summed E-state index contributed by atoms with van der Waals surface area (Å²) in [6.45, 7) is 2.73. The molecule has 4 rings (SSSR count). The molecule has 1 saturated heterocycles. The standard InChI is InChI=1S/C21H20N2O3/c1-13-20(25)22-9-10-23(13)21(26)17-4-2-3-14(12-17)15-5-7-18-16(11-15)6-8-19(18)24/h2-5,7,11-13H,6,8-10H2,1H3,(H,22,25)/t13-/m1/s1. The number of rotatable bonds is 2. The Labute approximate surface area is 152 Å². The molecule has 1 aliphatic carbocycles. The number of ketones is 1. The smallest absolute Gasteiger partial charge is 0.254 e. The molecule has 132 valence electrons. The summed E-state index contributed by atoms with van der Waals surface area (Å²) in [6, 6.07) is 12.8. The Morgan fingerprint density at radius 3 is 2.73 bits per heavy atom. The summed E-state index contributed by atoms with van der Waals surface area (Å²) < 4.78 is 0. The van der Waals surface area contributed by atoms with E-state index in [0.29, 0.717) is 25.1 Å². The zero-order valence-corrected chi connectivity index (χ0v) is 14.6. The van der Waals surface area contributed by atoms with Crippen molar-refractivity contribution in [3.63, 3.8) is 0 Å². The van der Waals surface area contributed by atoms with Crippen molar-refractivity contribution in [1.29, 1.82) is 0 Å². The van der Waals surface area contributed by atoms with Crippen LogP contribution < -0.4 is 5.32 Å². The maximum absolute atomic E-state index is 12.9. The van der Waals surface area contributed by atoms with Crippen LogP contribution in [0.1, 0.15) is 39.6 Å². The first-order chi connectivity index (χ1) is 12.5. The maximum Gasteiger partial charge on any atom is 0.254 e. The number of nitrogens with one attached hydrogen (secondary N) is 1. The lowest BCUT2D eigenvalue weighted by molar-refractivity contribution is -0.127. The number of carbonyl (C=O) groups is 3. The fraction of sp³-hybridized carbons (Fsp3) is 0.286. The predicted molar refractivity (Wildman–Crippen MR) is 98.0 cm³/mol. The van der Waals surface area contributed by atoms with Gasteiger partial charge in [0.2, 0.25) is 5.91 Å². The Morgan fingerprint density at radius 1 is 1.08 bits per heavy atom. The van der Waals surface area contributed by atoms with Crippen LogP contribution in [-0.2, 0) is 11.2 Å². The number of carbonyl (C=O) groups excluding carboxylic acids is 3. The molecule has 2 aliphatic rings. The van der Waals surface area contributed by atoms with E-state index in [1.165, 1.54) is 0 Å². The number of aryl methyl sites for hydroxylation is 1. The Morgan fingerprint density at radius 2 is 1.88 bits per heavy atom. The van der Waals surface area contributed by atoms with Crippen LogP contribution in [0.2, 0.25) is 0 Å². The highest BCUT2D eigenvalue weighted by Gasteiger charge is 2.30. The molecule has 5 heteroatoms. The van der Waals surface area contributed by atoms with E-state index in [0.717, 1.165) is 28.7 Å². The van der Waals surface area contributed by atoms with Crippen LogP contribution in [0.5, 0.6) is 0 Å². The molecule has 1 heterocycles. The molecule has 0 saturated carbocycles. The Kier molecular flexibility index (Phi) is 4.07. The monoisotopic (exact) mass is 348 g/mol. The average molecular weight is 348 g/mol. The van der Waals surface area contributed by atoms with E-state index >= 15 is 0 Å². The van der Waals surface area contributed by atoms with E-state index < -0.39 is 6.04 Å². The number of fused-ring (bicyclic) bond motifs is 1. The third kappa shape index (κ3) is 2.79. The molecule has 0 radical (unpaired) electrons. The van der Waals surface area contributed by atoms with Crippen LogP contribution in [-0.4, -0.2) is 41.6 Å². The fourth-order valence-electron chi connectivity index (χ4n) is 3.69. The van der Waals surface area contributed by atoms with Gasteiger partial charge in [-0.1, -0.05) is 30.3 Å². The fourth-order valence-corrected chi connectivity index (χ4v) is 3.69. The molecule has 0 aromatic heterocycles. The van der Waals surface area contributed by atoms with Gasteiger partial charge < -0.3 is 10.2 Å². The van der Waals surface area contributed by atoms with E-state index in [4.69, 9.17) is 0 Å². The molecule has 26 heavy (non-hydrogen) atoms. The second-order valence-electron chi connectivity index (χ2n) is 6.84. The first-order valence-corrected chi connectivity index (χ1v) is 8.90. The molecule has 2 amide bonds. The topological polar surface area (TPSA) is 66.5 Å². The minimum atomic E-state index is -0.467. The summed E-state index contributed by atoms with van der Waals surface area (Å²) >= 11 is 0. The summed E-state index contributed by atoms with van der Waals surface area (Å²) in [5.74, 6) is -0.0533. The third-order valence-corrected chi connectivity index (χ3v) is 5.23. The van der Waals surface area contributed by atoms with Crippen molar-refractivity contribution in [1.82, 2.24) is 10.2 Å². The maximum atomic E-state index is 12.9. The van der Waals surface area contributed by atoms with Gasteiger partial charge in [0.05, 0.1) is 0 Å². The van der Waals surface area contributed by atoms with Crippen LogP contribution in [0.25, 0.3) is 11.1 Å². The number of amides is 2. The zero-order valence-electron chi connectivity index (χ0n) is 14.6. The summed E-state index contributed by atoms with van der Waals surface area (Å²) in [7, 11) is 0. The largest absolute Gasteiger partial charge is 0.353 e. The van der Waals surface area contributed by atoms with Gasteiger partial charge >= 0.3 is 0 Å². The van der Waals surface area contributed by atoms with Crippen LogP contribution in [0, 0.1) is 0 Å². The quantitative estimate of drug-likeness (QED) is 0.906. The van der Waals surface area contributed by atoms with Gasteiger partial charge in [-0.05, 0) is 42.2 Å². The summed E-state index contributed by atoms with van der Waals surface area (Å²) in [6.07, 6.45) is 1.35. The Balaban J connectivity index is 1.64. The third-order valence-electron chi connectivity index (χ3n) is 5.23. The first-order valence-electron chi connectivity index (χ1n) is 8.90. The molecule has 1 N–H and O–H groups in total. The first kappa shape index (κ1) is 16.5. The number of Topliss-reactive ketones (excluding diaryl/α,β-unsaturated/α-hetero) is 1. The predicted octanol–water partition coefficient (Wildman–Crippen LogP) is 2.44. The summed E-state index contributed by atoms with van der Waals surface area (Å²) in [5, 5.41) is 2.77. The van der Waals surface area contributed by atoms with Gasteiger partial charge in [-0.25, -0.2) is 0 Å². The number of hydrogen-bond acceptors (Lipinski definition) is 3. The molecule has 0 bridgehead atoms. The van der Waals surface area contributed by atoms with Crippen LogP contribution in [0.3, 0.4) is 0 Å². The van der Waals surface area contributed by atoms with E-state index in [-0.39, 0.29) is 17.6 Å². The number of hydrogen-bond donors (Lipinski definition) is 1. The lowest BCUT2D eigenvalue weighted by Crippen LogP contribution is -2.55.